The maximum Gasteiger partial charge on any atom is 0.273 e. The molecule has 0 amide bonds. The number of allylic oxidation sites excluding steroid dienone is 2. The summed E-state index contributed by atoms with van der Waals surface area (Å²) in [6.07, 6.45) is 1.46. The first kappa shape index (κ1) is 4.75. The Labute approximate surface area is 40.8 Å². The van der Waals surface area contributed by atoms with Gasteiger partial charge in [0.05, 0.1) is 0 Å². The second kappa shape index (κ2) is 1.05. The largest absolute Gasteiger partial charge is 0.273 e. The summed E-state index contributed by atoms with van der Waals surface area (Å²) in [5.74, 6) is -2.42. The third-order valence-electron chi connectivity index (χ3n) is 1.11. The van der Waals surface area contributed by atoms with Gasteiger partial charge in [0.2, 0.25) is 0 Å². The number of hydrogen-bond acceptors (Lipinski definition) is 0. The fraction of sp³-hybridized carbons (Fsp3) is 0.600. The van der Waals surface area contributed by atoms with E-state index in [0.717, 1.165) is 0 Å². The molecule has 1 aliphatic carbocycles. The van der Waals surface area contributed by atoms with Crippen LogP contribution in [0.2, 0.25) is 0 Å². The predicted molar refractivity (Wildman–Crippen MR) is 23.3 cm³/mol. The van der Waals surface area contributed by atoms with E-state index in [-0.39, 0.29) is 12.0 Å². The summed E-state index contributed by atoms with van der Waals surface area (Å²) in [5, 5.41) is 0. The summed E-state index contributed by atoms with van der Waals surface area (Å²) in [6.45, 7) is 1.64. The van der Waals surface area contributed by atoms with E-state index in [1.807, 2.05) is 0 Å². The first-order valence-corrected chi connectivity index (χ1v) is 2.20. The van der Waals surface area contributed by atoms with Gasteiger partial charge in [0, 0.05) is 12.0 Å². The van der Waals surface area contributed by atoms with E-state index in [9.17, 15) is 8.78 Å². The van der Waals surface area contributed by atoms with E-state index in [2.05, 4.69) is 0 Å². The smallest absolute Gasteiger partial charge is 0.201 e. The highest BCUT2D eigenvalue weighted by Crippen LogP contribution is 2.47. The maximum atomic E-state index is 11.7. The minimum Gasteiger partial charge on any atom is -0.201 e. The quantitative estimate of drug-likeness (QED) is 0.412. The molecule has 0 saturated heterocycles. The van der Waals surface area contributed by atoms with Crippen molar-refractivity contribution in [3.63, 3.8) is 0 Å². The van der Waals surface area contributed by atoms with Crippen LogP contribution in [0.1, 0.15) is 13.3 Å². The summed E-state index contributed by atoms with van der Waals surface area (Å²) >= 11 is 0. The van der Waals surface area contributed by atoms with Crippen molar-refractivity contribution in [3.8, 4) is 0 Å². The van der Waals surface area contributed by atoms with Crippen molar-refractivity contribution >= 4 is 0 Å². The monoisotopic (exact) mass is 104 g/mol. The molecule has 1 saturated carbocycles. The SMILES string of the molecule is C/C=C1\CC1(F)F. The van der Waals surface area contributed by atoms with Gasteiger partial charge >= 0.3 is 0 Å². The van der Waals surface area contributed by atoms with Crippen molar-refractivity contribution in [2.75, 3.05) is 0 Å². The molecule has 0 atom stereocenters. The lowest BCUT2D eigenvalue weighted by Gasteiger charge is -1.79. The van der Waals surface area contributed by atoms with E-state index >= 15 is 0 Å². The molecule has 0 nitrogen and oxygen atoms in total. The zero-order valence-electron chi connectivity index (χ0n) is 4.04. The zero-order valence-corrected chi connectivity index (χ0v) is 4.04. The molecule has 0 aromatic carbocycles. The molecule has 7 heavy (non-hydrogen) atoms. The van der Waals surface area contributed by atoms with Gasteiger partial charge in [0.1, 0.15) is 0 Å². The molecular formula is C5H6F2. The summed E-state index contributed by atoms with van der Waals surface area (Å²) in [6, 6.07) is 0. The highest BCUT2D eigenvalue weighted by atomic mass is 19.3. The van der Waals surface area contributed by atoms with Gasteiger partial charge < -0.3 is 0 Å². The van der Waals surface area contributed by atoms with Crippen LogP contribution in [0.15, 0.2) is 11.6 Å². The second-order valence-electron chi connectivity index (χ2n) is 1.70. The van der Waals surface area contributed by atoms with Gasteiger partial charge in [-0.25, -0.2) is 8.78 Å². The average Bonchev–Trinajstić information content (AvgIpc) is 2.13. The summed E-state index contributed by atoms with van der Waals surface area (Å²) in [7, 11) is 0. The number of rotatable bonds is 0. The number of halogens is 2. The Morgan fingerprint density at radius 3 is 2.14 bits per heavy atom. The molecule has 1 aliphatic rings. The van der Waals surface area contributed by atoms with Crippen LogP contribution in [-0.4, -0.2) is 5.92 Å². The Morgan fingerprint density at radius 1 is 1.71 bits per heavy atom. The molecule has 1 rings (SSSR count). The highest BCUT2D eigenvalue weighted by Gasteiger charge is 2.49. The number of hydrogen-bond donors (Lipinski definition) is 0. The van der Waals surface area contributed by atoms with Crippen molar-refractivity contribution in [2.45, 2.75) is 19.3 Å². The lowest BCUT2D eigenvalue weighted by molar-refractivity contribution is 0.136. The van der Waals surface area contributed by atoms with Gasteiger partial charge in [-0.05, 0) is 6.92 Å². The number of alkyl halides is 2. The Balaban J connectivity index is 2.61. The minimum atomic E-state index is -2.42. The lowest BCUT2D eigenvalue weighted by Crippen LogP contribution is -1.82. The van der Waals surface area contributed by atoms with E-state index in [0.29, 0.717) is 0 Å². The van der Waals surface area contributed by atoms with Crippen LogP contribution >= 0.6 is 0 Å². The van der Waals surface area contributed by atoms with Gasteiger partial charge in [0.25, 0.3) is 5.92 Å². The Morgan fingerprint density at radius 2 is 2.14 bits per heavy atom. The molecule has 0 unspecified atom stereocenters. The Kier molecular flexibility index (Phi) is 0.716. The lowest BCUT2D eigenvalue weighted by atomic mass is 10.5. The van der Waals surface area contributed by atoms with Crippen molar-refractivity contribution in [3.05, 3.63) is 11.6 Å². The van der Waals surface area contributed by atoms with Gasteiger partial charge in [0.15, 0.2) is 0 Å². The van der Waals surface area contributed by atoms with Crippen molar-refractivity contribution in [2.24, 2.45) is 0 Å². The third kappa shape index (κ3) is 0.646. The molecule has 0 aromatic heterocycles. The third-order valence-corrected chi connectivity index (χ3v) is 1.11. The van der Waals surface area contributed by atoms with Crippen LogP contribution in [0.4, 0.5) is 8.78 Å². The van der Waals surface area contributed by atoms with Crippen molar-refractivity contribution in [1.29, 1.82) is 0 Å². The molecule has 0 aromatic rings. The molecule has 0 N–H and O–H groups in total. The molecule has 0 aliphatic heterocycles. The average molecular weight is 104 g/mol. The predicted octanol–water partition coefficient (Wildman–Crippen LogP) is 1.97. The standard InChI is InChI=1S/C5H6F2/c1-2-4-3-5(4,6)7/h2H,3H2,1H3/b4-2+. The summed E-state index contributed by atoms with van der Waals surface area (Å²) in [5.41, 5.74) is 0.285. The minimum absolute atomic E-state index is 0.0104. The molecule has 1 fully saturated rings. The van der Waals surface area contributed by atoms with Crippen LogP contribution < -0.4 is 0 Å². The molecular weight excluding hydrogens is 98.1 g/mol. The van der Waals surface area contributed by atoms with Gasteiger partial charge in [-0.2, -0.15) is 0 Å². The van der Waals surface area contributed by atoms with Crippen LogP contribution in [0.25, 0.3) is 0 Å². The van der Waals surface area contributed by atoms with E-state index in [4.69, 9.17) is 0 Å². The normalized spacial score (nSPS) is 31.0. The molecule has 0 radical (unpaired) electrons. The first-order chi connectivity index (χ1) is 3.17. The first-order valence-electron chi connectivity index (χ1n) is 2.20. The topological polar surface area (TPSA) is 0 Å². The van der Waals surface area contributed by atoms with Gasteiger partial charge in [-0.15, -0.1) is 0 Å². The molecule has 40 valence electrons. The molecule has 0 bridgehead atoms. The highest BCUT2D eigenvalue weighted by molar-refractivity contribution is 5.29. The molecule has 0 heterocycles. The summed E-state index contributed by atoms with van der Waals surface area (Å²) in [4.78, 5) is 0. The van der Waals surface area contributed by atoms with Crippen LogP contribution in [-0.2, 0) is 0 Å². The second-order valence-corrected chi connectivity index (χ2v) is 1.70. The summed E-state index contributed by atoms with van der Waals surface area (Å²) < 4.78 is 23.5. The van der Waals surface area contributed by atoms with Crippen LogP contribution in [0, 0.1) is 0 Å². The van der Waals surface area contributed by atoms with Crippen molar-refractivity contribution < 1.29 is 8.78 Å². The van der Waals surface area contributed by atoms with E-state index in [1.54, 1.807) is 6.92 Å². The van der Waals surface area contributed by atoms with Crippen LogP contribution in [0.3, 0.4) is 0 Å². The van der Waals surface area contributed by atoms with Gasteiger partial charge in [-0.3, -0.25) is 0 Å². The van der Waals surface area contributed by atoms with Crippen molar-refractivity contribution in [1.82, 2.24) is 0 Å². The maximum absolute atomic E-state index is 11.7. The van der Waals surface area contributed by atoms with Gasteiger partial charge in [-0.1, -0.05) is 6.08 Å². The zero-order chi connectivity index (χ0) is 5.49. The Bertz CT molecular complexity index is 113. The van der Waals surface area contributed by atoms with E-state index in [1.165, 1.54) is 6.08 Å². The fourth-order valence-corrected chi connectivity index (χ4v) is 0.508. The van der Waals surface area contributed by atoms with Crippen LogP contribution in [0.5, 0.6) is 0 Å². The molecule has 0 spiro atoms. The van der Waals surface area contributed by atoms with E-state index < -0.39 is 5.92 Å². The fourth-order valence-electron chi connectivity index (χ4n) is 0.508. The molecule has 2 heteroatoms. The Hall–Kier alpha value is -0.400.